The lowest BCUT2D eigenvalue weighted by molar-refractivity contribution is -0.184. The zero-order chi connectivity index (χ0) is 14.0. The van der Waals surface area contributed by atoms with Crippen molar-refractivity contribution in [1.29, 1.82) is 0 Å². The number of benzene rings is 1. The summed E-state index contributed by atoms with van der Waals surface area (Å²) in [5.41, 5.74) is 0.121. The van der Waals surface area contributed by atoms with E-state index in [1.165, 1.54) is 18.2 Å². The van der Waals surface area contributed by atoms with Crippen LogP contribution in [-0.4, -0.2) is 12.2 Å². The highest BCUT2D eigenvalue weighted by atomic mass is 79.9. The van der Waals surface area contributed by atoms with Gasteiger partial charge in [0.1, 0.15) is 5.82 Å². The zero-order valence-corrected chi connectivity index (χ0v) is 11.7. The molecule has 2 atom stereocenters. The molecule has 1 aliphatic rings. The number of halogens is 5. The van der Waals surface area contributed by atoms with Gasteiger partial charge >= 0.3 is 6.18 Å². The molecule has 1 saturated carbocycles. The summed E-state index contributed by atoms with van der Waals surface area (Å²) in [6, 6.07) is 3.47. The van der Waals surface area contributed by atoms with Crippen LogP contribution < -0.4 is 5.32 Å². The van der Waals surface area contributed by atoms with Crippen LogP contribution in [0.3, 0.4) is 0 Å². The molecule has 1 nitrogen and oxygen atoms in total. The van der Waals surface area contributed by atoms with Crippen LogP contribution >= 0.6 is 15.9 Å². The molecule has 106 valence electrons. The lowest BCUT2D eigenvalue weighted by Crippen LogP contribution is -2.41. The van der Waals surface area contributed by atoms with Crippen molar-refractivity contribution in [3.05, 3.63) is 28.5 Å². The Labute approximate surface area is 117 Å². The zero-order valence-electron chi connectivity index (χ0n) is 10.1. The summed E-state index contributed by atoms with van der Waals surface area (Å²) in [6.07, 6.45) is -2.41. The van der Waals surface area contributed by atoms with Gasteiger partial charge < -0.3 is 5.32 Å². The highest BCUT2D eigenvalue weighted by Crippen LogP contribution is 2.39. The molecule has 0 saturated heterocycles. The molecule has 0 bridgehead atoms. The Balaban J connectivity index is 2.17. The molecule has 0 spiro atoms. The third-order valence-corrected chi connectivity index (χ3v) is 3.95. The lowest BCUT2D eigenvalue weighted by atomic mass is 9.84. The monoisotopic (exact) mass is 339 g/mol. The first-order valence-electron chi connectivity index (χ1n) is 6.16. The van der Waals surface area contributed by atoms with Crippen molar-refractivity contribution in [2.75, 3.05) is 5.32 Å². The van der Waals surface area contributed by atoms with Crippen molar-refractivity contribution in [2.24, 2.45) is 5.92 Å². The fourth-order valence-corrected chi connectivity index (χ4v) is 2.86. The number of alkyl halides is 3. The molecular formula is C13H14BrF4N. The molecule has 1 aromatic carbocycles. The predicted molar refractivity (Wildman–Crippen MR) is 69.5 cm³/mol. The maximum atomic E-state index is 13.6. The second-order valence-electron chi connectivity index (χ2n) is 4.81. The first kappa shape index (κ1) is 14.6. The van der Waals surface area contributed by atoms with Gasteiger partial charge in [0.25, 0.3) is 0 Å². The van der Waals surface area contributed by atoms with Gasteiger partial charge in [-0.1, -0.05) is 28.8 Å². The van der Waals surface area contributed by atoms with E-state index in [-0.39, 0.29) is 12.1 Å². The minimum atomic E-state index is -4.24. The summed E-state index contributed by atoms with van der Waals surface area (Å²) in [4.78, 5) is 0. The predicted octanol–water partition coefficient (Wildman–Crippen LogP) is 5.12. The molecule has 0 heterocycles. The molecule has 1 aliphatic carbocycles. The van der Waals surface area contributed by atoms with Crippen molar-refractivity contribution in [3.8, 4) is 0 Å². The first-order valence-corrected chi connectivity index (χ1v) is 6.95. The van der Waals surface area contributed by atoms with Gasteiger partial charge in [0.05, 0.1) is 11.6 Å². The summed E-state index contributed by atoms with van der Waals surface area (Å²) in [6.45, 7) is 0. The summed E-state index contributed by atoms with van der Waals surface area (Å²) in [5.74, 6) is -1.94. The number of anilines is 1. The summed E-state index contributed by atoms with van der Waals surface area (Å²) < 4.78 is 53.0. The maximum absolute atomic E-state index is 13.6. The van der Waals surface area contributed by atoms with Crippen LogP contribution in [-0.2, 0) is 0 Å². The van der Waals surface area contributed by atoms with Gasteiger partial charge in [0, 0.05) is 10.5 Å². The molecule has 2 rings (SSSR count). The van der Waals surface area contributed by atoms with E-state index in [2.05, 4.69) is 21.2 Å². The van der Waals surface area contributed by atoms with Crippen molar-refractivity contribution in [2.45, 2.75) is 37.9 Å². The number of hydrogen-bond donors (Lipinski definition) is 1. The fourth-order valence-electron chi connectivity index (χ4n) is 2.50. The van der Waals surface area contributed by atoms with Crippen LogP contribution in [0.25, 0.3) is 0 Å². The standard InChI is InChI=1S/C13H14BrF4N/c14-8-5-6-10(15)12(7-8)19-11-4-2-1-3-9(11)13(16,17)18/h5-7,9,11,19H,1-4H2. The summed E-state index contributed by atoms with van der Waals surface area (Å²) >= 11 is 3.19. The molecule has 1 N–H and O–H groups in total. The Hall–Kier alpha value is -0.780. The molecule has 1 fully saturated rings. The Bertz CT molecular complexity index is 447. The minimum Gasteiger partial charge on any atom is -0.379 e. The van der Waals surface area contributed by atoms with E-state index in [0.29, 0.717) is 17.3 Å². The van der Waals surface area contributed by atoms with Crippen LogP contribution in [0.15, 0.2) is 22.7 Å². The SMILES string of the molecule is Fc1ccc(Br)cc1NC1CCCCC1C(F)(F)F. The van der Waals surface area contributed by atoms with E-state index >= 15 is 0 Å². The van der Waals surface area contributed by atoms with E-state index in [0.717, 1.165) is 6.42 Å². The smallest absolute Gasteiger partial charge is 0.379 e. The second-order valence-corrected chi connectivity index (χ2v) is 5.72. The minimum absolute atomic E-state index is 0.108. The largest absolute Gasteiger partial charge is 0.393 e. The molecule has 0 aliphatic heterocycles. The van der Waals surface area contributed by atoms with E-state index < -0.39 is 24.0 Å². The van der Waals surface area contributed by atoms with Gasteiger partial charge in [-0.15, -0.1) is 0 Å². The van der Waals surface area contributed by atoms with Crippen LogP contribution in [0.4, 0.5) is 23.2 Å². The number of hydrogen-bond acceptors (Lipinski definition) is 1. The quantitative estimate of drug-likeness (QED) is 0.737. The second kappa shape index (κ2) is 5.69. The van der Waals surface area contributed by atoms with Crippen molar-refractivity contribution in [1.82, 2.24) is 0 Å². The summed E-state index contributed by atoms with van der Waals surface area (Å²) in [7, 11) is 0. The Morgan fingerprint density at radius 2 is 1.84 bits per heavy atom. The Morgan fingerprint density at radius 1 is 1.16 bits per heavy atom. The third kappa shape index (κ3) is 3.61. The van der Waals surface area contributed by atoms with Gasteiger partial charge in [-0.05, 0) is 31.0 Å². The molecule has 2 unspecified atom stereocenters. The van der Waals surface area contributed by atoms with E-state index in [1.807, 2.05) is 0 Å². The normalized spacial score (nSPS) is 24.3. The highest BCUT2D eigenvalue weighted by molar-refractivity contribution is 9.10. The van der Waals surface area contributed by atoms with E-state index in [1.54, 1.807) is 0 Å². The van der Waals surface area contributed by atoms with Crippen LogP contribution in [0.1, 0.15) is 25.7 Å². The molecular weight excluding hydrogens is 326 g/mol. The number of nitrogens with one attached hydrogen (secondary N) is 1. The molecule has 0 radical (unpaired) electrons. The van der Waals surface area contributed by atoms with E-state index in [4.69, 9.17) is 0 Å². The highest BCUT2D eigenvalue weighted by Gasteiger charge is 2.45. The van der Waals surface area contributed by atoms with Crippen molar-refractivity contribution < 1.29 is 17.6 Å². The molecule has 19 heavy (non-hydrogen) atoms. The van der Waals surface area contributed by atoms with Crippen molar-refractivity contribution >= 4 is 21.6 Å². The van der Waals surface area contributed by atoms with Crippen LogP contribution in [0, 0.1) is 11.7 Å². The van der Waals surface area contributed by atoms with Gasteiger partial charge in [-0.3, -0.25) is 0 Å². The molecule has 6 heteroatoms. The van der Waals surface area contributed by atoms with Crippen LogP contribution in [0.5, 0.6) is 0 Å². The first-order chi connectivity index (χ1) is 8.88. The van der Waals surface area contributed by atoms with Gasteiger partial charge in [0.2, 0.25) is 0 Å². The van der Waals surface area contributed by atoms with Gasteiger partial charge in [0.15, 0.2) is 0 Å². The fraction of sp³-hybridized carbons (Fsp3) is 0.538. The lowest BCUT2D eigenvalue weighted by Gasteiger charge is -2.34. The Kier molecular flexibility index (Phi) is 4.38. The molecule has 1 aromatic rings. The Morgan fingerprint density at radius 3 is 2.53 bits per heavy atom. The molecule has 0 aromatic heterocycles. The third-order valence-electron chi connectivity index (χ3n) is 3.46. The number of rotatable bonds is 2. The van der Waals surface area contributed by atoms with Gasteiger partial charge in [-0.25, -0.2) is 4.39 Å². The molecule has 0 amide bonds. The van der Waals surface area contributed by atoms with E-state index in [9.17, 15) is 17.6 Å². The van der Waals surface area contributed by atoms with Crippen molar-refractivity contribution in [3.63, 3.8) is 0 Å². The maximum Gasteiger partial charge on any atom is 0.393 e. The average molecular weight is 340 g/mol. The van der Waals surface area contributed by atoms with Crippen LogP contribution in [0.2, 0.25) is 0 Å². The van der Waals surface area contributed by atoms with Gasteiger partial charge in [-0.2, -0.15) is 13.2 Å². The average Bonchev–Trinajstić information content (AvgIpc) is 2.33. The summed E-state index contributed by atoms with van der Waals surface area (Å²) in [5, 5.41) is 2.72. The topological polar surface area (TPSA) is 12.0 Å².